The van der Waals surface area contributed by atoms with Crippen LogP contribution < -0.4 is 5.32 Å². The fourth-order valence-electron chi connectivity index (χ4n) is 2.31. The Morgan fingerprint density at radius 2 is 1.96 bits per heavy atom. The lowest BCUT2D eigenvalue weighted by Crippen LogP contribution is -2.25. The van der Waals surface area contributed by atoms with Gasteiger partial charge in [0.2, 0.25) is 0 Å². The van der Waals surface area contributed by atoms with Crippen LogP contribution in [0.2, 0.25) is 0 Å². The van der Waals surface area contributed by atoms with Crippen LogP contribution in [0.15, 0.2) is 29.6 Å². The van der Waals surface area contributed by atoms with Crippen LogP contribution in [0.3, 0.4) is 0 Å². The minimum atomic E-state index is -0.795. The molecule has 2 aromatic rings. The second kappa shape index (κ2) is 6.06. The quantitative estimate of drug-likeness (QED) is 0.903. The van der Waals surface area contributed by atoms with Gasteiger partial charge < -0.3 is 10.4 Å². The van der Waals surface area contributed by atoms with E-state index >= 15 is 0 Å². The lowest BCUT2D eigenvalue weighted by Gasteiger charge is -2.19. The van der Waals surface area contributed by atoms with Crippen LogP contribution in [0.25, 0.3) is 0 Å². The van der Waals surface area contributed by atoms with Gasteiger partial charge in [0.1, 0.15) is 16.8 Å². The van der Waals surface area contributed by atoms with Crippen molar-refractivity contribution < 1.29 is 9.90 Å². The number of hydrogen-bond donors (Lipinski definition) is 2. The Morgan fingerprint density at radius 1 is 1.30 bits per heavy atom. The zero-order chi connectivity index (χ0) is 16.6. The average molecular weight is 330 g/mol. The third-order valence-corrected chi connectivity index (χ3v) is 4.89. The standard InChI is InChI=1S/C18H22N2O2S/c1-18(2,3)12-6-4-11(5-7-12)15(21)17-20-14(10-23-17)16(22)19-13-8-9-13/h4-7,10,13,15,21H,8-9H2,1-3H3,(H,19,22). The van der Waals surface area contributed by atoms with Crippen LogP contribution in [0.1, 0.15) is 66.3 Å². The van der Waals surface area contributed by atoms with Crippen molar-refractivity contribution in [2.24, 2.45) is 0 Å². The van der Waals surface area contributed by atoms with E-state index in [1.807, 2.05) is 24.3 Å². The number of thiazole rings is 1. The minimum absolute atomic E-state index is 0.0821. The first-order valence-electron chi connectivity index (χ1n) is 7.89. The van der Waals surface area contributed by atoms with E-state index in [-0.39, 0.29) is 11.3 Å². The topological polar surface area (TPSA) is 62.2 Å². The van der Waals surface area contributed by atoms with E-state index in [0.717, 1.165) is 18.4 Å². The van der Waals surface area contributed by atoms with Gasteiger partial charge >= 0.3 is 0 Å². The number of nitrogens with zero attached hydrogens (tertiary/aromatic N) is 1. The van der Waals surface area contributed by atoms with Gasteiger partial charge in [-0.15, -0.1) is 11.3 Å². The van der Waals surface area contributed by atoms with Crippen LogP contribution in [-0.2, 0) is 5.41 Å². The molecule has 0 spiro atoms. The molecule has 1 aliphatic carbocycles. The fourth-order valence-corrected chi connectivity index (χ4v) is 3.12. The Kier molecular flexibility index (Phi) is 4.25. The van der Waals surface area contributed by atoms with Gasteiger partial charge in [0, 0.05) is 11.4 Å². The van der Waals surface area contributed by atoms with Gasteiger partial charge in [-0.05, 0) is 29.4 Å². The number of rotatable bonds is 4. The Hall–Kier alpha value is -1.72. The molecule has 1 aliphatic rings. The maximum atomic E-state index is 12.0. The van der Waals surface area contributed by atoms with Crippen molar-refractivity contribution in [2.75, 3.05) is 0 Å². The Bertz CT molecular complexity index is 697. The zero-order valence-corrected chi connectivity index (χ0v) is 14.5. The second-order valence-corrected chi connectivity index (χ2v) is 7.98. The smallest absolute Gasteiger partial charge is 0.270 e. The first kappa shape index (κ1) is 16.1. The third-order valence-electron chi connectivity index (χ3n) is 3.99. The highest BCUT2D eigenvalue weighted by atomic mass is 32.1. The maximum Gasteiger partial charge on any atom is 0.270 e. The molecule has 0 aliphatic heterocycles. The fraction of sp³-hybridized carbons (Fsp3) is 0.444. The van der Waals surface area contributed by atoms with Gasteiger partial charge in [0.05, 0.1) is 0 Å². The predicted octanol–water partition coefficient (Wildman–Crippen LogP) is 3.41. The highest BCUT2D eigenvalue weighted by Crippen LogP contribution is 2.28. The first-order chi connectivity index (χ1) is 10.8. The average Bonchev–Trinajstić information content (AvgIpc) is 3.18. The van der Waals surface area contributed by atoms with Crippen molar-refractivity contribution in [3.05, 3.63) is 51.5 Å². The van der Waals surface area contributed by atoms with Gasteiger partial charge in [-0.2, -0.15) is 0 Å². The van der Waals surface area contributed by atoms with Gasteiger partial charge in [0.15, 0.2) is 0 Å². The third kappa shape index (κ3) is 3.79. The number of amides is 1. The number of carbonyl (C=O) groups excluding carboxylic acids is 1. The van der Waals surface area contributed by atoms with Crippen molar-refractivity contribution in [3.8, 4) is 0 Å². The molecule has 0 saturated heterocycles. The summed E-state index contributed by atoms with van der Waals surface area (Å²) in [6, 6.07) is 8.23. The molecule has 122 valence electrons. The molecule has 0 bridgehead atoms. The van der Waals surface area contributed by atoms with Crippen LogP contribution in [0, 0.1) is 0 Å². The van der Waals surface area contributed by atoms with Crippen molar-refractivity contribution >= 4 is 17.2 Å². The number of benzene rings is 1. The number of aliphatic hydroxyl groups excluding tert-OH is 1. The summed E-state index contributed by atoms with van der Waals surface area (Å²) in [6.45, 7) is 6.47. The van der Waals surface area contributed by atoms with E-state index in [1.54, 1.807) is 5.38 Å². The molecule has 1 aromatic heterocycles. The molecule has 2 N–H and O–H groups in total. The number of nitrogens with one attached hydrogen (secondary N) is 1. The van der Waals surface area contributed by atoms with Crippen molar-refractivity contribution in [1.82, 2.24) is 10.3 Å². The molecule has 0 radical (unpaired) electrons. The number of aromatic nitrogens is 1. The number of aliphatic hydroxyl groups is 1. The molecule has 5 heteroatoms. The van der Waals surface area contributed by atoms with E-state index in [9.17, 15) is 9.90 Å². The summed E-state index contributed by atoms with van der Waals surface area (Å²) in [4.78, 5) is 16.3. The molecular weight excluding hydrogens is 308 g/mol. The normalized spacial score (nSPS) is 16.2. The molecule has 1 heterocycles. The predicted molar refractivity (Wildman–Crippen MR) is 91.8 cm³/mol. The molecule has 1 unspecified atom stereocenters. The molecule has 1 amide bonds. The summed E-state index contributed by atoms with van der Waals surface area (Å²) >= 11 is 1.32. The maximum absolute atomic E-state index is 12.0. The Morgan fingerprint density at radius 3 is 2.52 bits per heavy atom. The van der Waals surface area contributed by atoms with Gasteiger partial charge in [-0.1, -0.05) is 45.0 Å². The van der Waals surface area contributed by atoms with Crippen LogP contribution >= 0.6 is 11.3 Å². The Balaban J connectivity index is 1.73. The summed E-state index contributed by atoms with van der Waals surface area (Å²) in [5.74, 6) is -0.148. The van der Waals surface area contributed by atoms with Crippen LogP contribution in [-0.4, -0.2) is 22.0 Å². The second-order valence-electron chi connectivity index (χ2n) is 7.09. The van der Waals surface area contributed by atoms with Gasteiger partial charge in [-0.25, -0.2) is 4.98 Å². The molecule has 1 fully saturated rings. The SMILES string of the molecule is CC(C)(C)c1ccc(C(O)c2nc(C(=O)NC3CC3)cs2)cc1. The van der Waals surface area contributed by atoms with Crippen LogP contribution in [0.4, 0.5) is 0 Å². The molecular formula is C18H22N2O2S. The van der Waals surface area contributed by atoms with E-state index < -0.39 is 6.10 Å². The lowest BCUT2D eigenvalue weighted by molar-refractivity contribution is 0.0946. The molecule has 23 heavy (non-hydrogen) atoms. The molecule has 4 nitrogen and oxygen atoms in total. The highest BCUT2D eigenvalue weighted by molar-refractivity contribution is 7.09. The van der Waals surface area contributed by atoms with Gasteiger partial charge in [0.25, 0.3) is 5.91 Å². The summed E-state index contributed by atoms with van der Waals surface area (Å²) in [5, 5.41) is 15.7. The van der Waals surface area contributed by atoms with Crippen LogP contribution in [0.5, 0.6) is 0 Å². The first-order valence-corrected chi connectivity index (χ1v) is 8.77. The van der Waals surface area contributed by atoms with Crippen molar-refractivity contribution in [2.45, 2.75) is 51.2 Å². The molecule has 1 atom stereocenters. The number of carbonyl (C=O) groups is 1. The van der Waals surface area contributed by atoms with E-state index in [4.69, 9.17) is 0 Å². The monoisotopic (exact) mass is 330 g/mol. The summed E-state index contributed by atoms with van der Waals surface area (Å²) in [6.07, 6.45) is 1.30. The van der Waals surface area contributed by atoms with Gasteiger partial charge in [-0.3, -0.25) is 4.79 Å². The molecule has 1 saturated carbocycles. The molecule has 3 rings (SSSR count). The summed E-state index contributed by atoms with van der Waals surface area (Å²) in [5.41, 5.74) is 2.49. The van der Waals surface area contributed by atoms with E-state index in [0.29, 0.717) is 16.7 Å². The molecule has 1 aromatic carbocycles. The lowest BCUT2D eigenvalue weighted by atomic mass is 9.86. The number of hydrogen-bond acceptors (Lipinski definition) is 4. The Labute approximate surface area is 140 Å². The summed E-state index contributed by atoms with van der Waals surface area (Å²) in [7, 11) is 0. The largest absolute Gasteiger partial charge is 0.381 e. The van der Waals surface area contributed by atoms with Crippen molar-refractivity contribution in [1.29, 1.82) is 0 Å². The highest BCUT2D eigenvalue weighted by Gasteiger charge is 2.25. The summed E-state index contributed by atoms with van der Waals surface area (Å²) < 4.78 is 0. The van der Waals surface area contributed by atoms with E-state index in [2.05, 4.69) is 31.1 Å². The minimum Gasteiger partial charge on any atom is -0.381 e. The van der Waals surface area contributed by atoms with Crippen molar-refractivity contribution in [3.63, 3.8) is 0 Å². The van der Waals surface area contributed by atoms with E-state index in [1.165, 1.54) is 16.9 Å². The zero-order valence-electron chi connectivity index (χ0n) is 13.7.